The van der Waals surface area contributed by atoms with E-state index in [2.05, 4.69) is 5.32 Å². The van der Waals surface area contributed by atoms with Gasteiger partial charge in [0.05, 0.1) is 13.2 Å². The standard InChI is InChI=1S/C10H15NO4/c1-7-5-8(6-11-3-4-14-2)15-9(7)10(12)13/h5,11H,3-4,6H2,1-2H3,(H,12,13). The van der Waals surface area contributed by atoms with E-state index in [1.165, 1.54) is 0 Å². The Kier molecular flexibility index (Phi) is 4.33. The first-order chi connectivity index (χ1) is 7.15. The first kappa shape index (κ1) is 11.7. The van der Waals surface area contributed by atoms with Gasteiger partial charge in [-0.15, -0.1) is 0 Å². The van der Waals surface area contributed by atoms with Gasteiger partial charge in [0.1, 0.15) is 5.76 Å². The van der Waals surface area contributed by atoms with Gasteiger partial charge in [0.2, 0.25) is 5.76 Å². The van der Waals surface area contributed by atoms with Crippen molar-refractivity contribution in [2.24, 2.45) is 0 Å². The van der Waals surface area contributed by atoms with Gasteiger partial charge in [-0.25, -0.2) is 4.79 Å². The Hall–Kier alpha value is -1.33. The topological polar surface area (TPSA) is 71.7 Å². The largest absolute Gasteiger partial charge is 0.475 e. The third-order valence-electron chi connectivity index (χ3n) is 1.95. The number of carbonyl (C=O) groups is 1. The van der Waals surface area contributed by atoms with Crippen molar-refractivity contribution in [3.05, 3.63) is 23.2 Å². The summed E-state index contributed by atoms with van der Waals surface area (Å²) in [6.07, 6.45) is 0. The van der Waals surface area contributed by atoms with Crippen molar-refractivity contribution >= 4 is 5.97 Å². The second kappa shape index (κ2) is 5.53. The fourth-order valence-corrected chi connectivity index (χ4v) is 1.23. The number of hydrogen-bond donors (Lipinski definition) is 2. The van der Waals surface area contributed by atoms with Crippen molar-refractivity contribution in [1.82, 2.24) is 5.32 Å². The predicted molar refractivity (Wildman–Crippen MR) is 54.0 cm³/mol. The molecule has 5 nitrogen and oxygen atoms in total. The van der Waals surface area contributed by atoms with E-state index in [0.29, 0.717) is 31.0 Å². The second-order valence-electron chi connectivity index (χ2n) is 3.20. The summed E-state index contributed by atoms with van der Waals surface area (Å²) in [6, 6.07) is 1.73. The molecule has 0 aliphatic rings. The minimum absolute atomic E-state index is 0.0125. The molecular weight excluding hydrogens is 198 g/mol. The minimum atomic E-state index is -1.03. The number of carboxylic acids is 1. The molecule has 0 fully saturated rings. The fourth-order valence-electron chi connectivity index (χ4n) is 1.23. The van der Waals surface area contributed by atoms with Crippen molar-refractivity contribution in [1.29, 1.82) is 0 Å². The monoisotopic (exact) mass is 213 g/mol. The maximum absolute atomic E-state index is 10.7. The molecule has 0 aliphatic carbocycles. The molecule has 0 aromatic carbocycles. The van der Waals surface area contributed by atoms with Gasteiger partial charge < -0.3 is 19.6 Å². The number of ether oxygens (including phenoxy) is 1. The lowest BCUT2D eigenvalue weighted by Crippen LogP contribution is -2.18. The molecule has 0 spiro atoms. The number of methoxy groups -OCH3 is 1. The van der Waals surface area contributed by atoms with E-state index in [-0.39, 0.29) is 5.76 Å². The Bertz CT molecular complexity index is 332. The summed E-state index contributed by atoms with van der Waals surface area (Å²) in [6.45, 7) is 3.55. The molecule has 1 rings (SSSR count). The minimum Gasteiger partial charge on any atom is -0.475 e. The van der Waals surface area contributed by atoms with Gasteiger partial charge in [0, 0.05) is 19.2 Å². The lowest BCUT2D eigenvalue weighted by Gasteiger charge is -2.00. The van der Waals surface area contributed by atoms with Crippen molar-refractivity contribution in [2.75, 3.05) is 20.3 Å². The SMILES string of the molecule is COCCNCc1cc(C)c(C(=O)O)o1. The summed E-state index contributed by atoms with van der Waals surface area (Å²) in [5, 5.41) is 11.8. The van der Waals surface area contributed by atoms with Crippen LogP contribution in [0, 0.1) is 6.92 Å². The summed E-state index contributed by atoms with van der Waals surface area (Å²) in [5.41, 5.74) is 0.644. The van der Waals surface area contributed by atoms with Crippen LogP contribution in [0.15, 0.2) is 10.5 Å². The van der Waals surface area contributed by atoms with E-state index >= 15 is 0 Å². The zero-order valence-electron chi connectivity index (χ0n) is 8.87. The van der Waals surface area contributed by atoms with Crippen LogP contribution in [0.1, 0.15) is 21.9 Å². The molecule has 0 saturated heterocycles. The van der Waals surface area contributed by atoms with Gasteiger partial charge in [-0.3, -0.25) is 0 Å². The highest BCUT2D eigenvalue weighted by Crippen LogP contribution is 2.14. The van der Waals surface area contributed by atoms with E-state index in [4.69, 9.17) is 14.3 Å². The van der Waals surface area contributed by atoms with Crippen LogP contribution >= 0.6 is 0 Å². The van der Waals surface area contributed by atoms with E-state index in [1.54, 1.807) is 20.1 Å². The molecule has 2 N–H and O–H groups in total. The maximum atomic E-state index is 10.7. The molecule has 1 aromatic rings. The van der Waals surface area contributed by atoms with Gasteiger partial charge in [-0.05, 0) is 13.0 Å². The number of aromatic carboxylic acids is 1. The molecule has 0 saturated carbocycles. The Morgan fingerprint density at radius 1 is 1.67 bits per heavy atom. The Morgan fingerprint density at radius 2 is 2.40 bits per heavy atom. The van der Waals surface area contributed by atoms with Gasteiger partial charge in [-0.1, -0.05) is 0 Å². The molecule has 0 aliphatic heterocycles. The number of hydrogen-bond acceptors (Lipinski definition) is 4. The quantitative estimate of drug-likeness (QED) is 0.690. The number of rotatable bonds is 6. The van der Waals surface area contributed by atoms with Crippen molar-refractivity contribution < 1.29 is 19.1 Å². The molecule has 0 radical (unpaired) electrons. The first-order valence-electron chi connectivity index (χ1n) is 4.67. The van der Waals surface area contributed by atoms with Crippen LogP contribution in [0.4, 0.5) is 0 Å². The van der Waals surface area contributed by atoms with Gasteiger partial charge in [0.25, 0.3) is 0 Å². The normalized spacial score (nSPS) is 10.5. The molecule has 0 bridgehead atoms. The van der Waals surface area contributed by atoms with E-state index in [0.717, 1.165) is 0 Å². The highest BCUT2D eigenvalue weighted by Gasteiger charge is 2.13. The molecule has 0 amide bonds. The number of furan rings is 1. The fraction of sp³-hybridized carbons (Fsp3) is 0.500. The Labute approximate surface area is 88.0 Å². The zero-order chi connectivity index (χ0) is 11.3. The van der Waals surface area contributed by atoms with Crippen LogP contribution in [0.2, 0.25) is 0 Å². The van der Waals surface area contributed by atoms with Crippen LogP contribution < -0.4 is 5.32 Å². The molecule has 84 valence electrons. The molecule has 1 aromatic heterocycles. The van der Waals surface area contributed by atoms with Crippen LogP contribution in [0.3, 0.4) is 0 Å². The second-order valence-corrected chi connectivity index (χ2v) is 3.20. The van der Waals surface area contributed by atoms with Crippen molar-refractivity contribution in [3.8, 4) is 0 Å². The summed E-state index contributed by atoms with van der Waals surface area (Å²) in [5.74, 6) is -0.393. The van der Waals surface area contributed by atoms with Crippen LogP contribution in [0.5, 0.6) is 0 Å². The van der Waals surface area contributed by atoms with E-state index < -0.39 is 5.97 Å². The smallest absolute Gasteiger partial charge is 0.372 e. The van der Waals surface area contributed by atoms with Crippen LogP contribution in [-0.4, -0.2) is 31.3 Å². The Balaban J connectivity index is 2.48. The summed E-state index contributed by atoms with van der Waals surface area (Å²) < 4.78 is 10.0. The first-order valence-corrected chi connectivity index (χ1v) is 4.67. The summed E-state index contributed by atoms with van der Waals surface area (Å²) in [4.78, 5) is 10.7. The van der Waals surface area contributed by atoms with E-state index in [9.17, 15) is 4.79 Å². The number of nitrogens with one attached hydrogen (secondary N) is 1. The molecule has 5 heteroatoms. The van der Waals surface area contributed by atoms with Crippen molar-refractivity contribution in [2.45, 2.75) is 13.5 Å². The number of carboxylic acid groups (broad SMARTS) is 1. The lowest BCUT2D eigenvalue weighted by atomic mass is 10.2. The zero-order valence-corrected chi connectivity index (χ0v) is 8.87. The predicted octanol–water partition coefficient (Wildman–Crippen LogP) is 1.02. The average molecular weight is 213 g/mol. The van der Waals surface area contributed by atoms with E-state index in [1.807, 2.05) is 0 Å². The lowest BCUT2D eigenvalue weighted by molar-refractivity contribution is 0.0659. The molecule has 1 heterocycles. The molecule has 0 unspecified atom stereocenters. The van der Waals surface area contributed by atoms with Crippen LogP contribution in [-0.2, 0) is 11.3 Å². The van der Waals surface area contributed by atoms with Gasteiger partial charge >= 0.3 is 5.97 Å². The maximum Gasteiger partial charge on any atom is 0.372 e. The molecule has 15 heavy (non-hydrogen) atoms. The average Bonchev–Trinajstić information content (AvgIpc) is 2.55. The van der Waals surface area contributed by atoms with Crippen LogP contribution in [0.25, 0.3) is 0 Å². The number of aryl methyl sites for hydroxylation is 1. The molecule has 0 atom stereocenters. The molecular formula is C10H15NO4. The third kappa shape index (κ3) is 3.38. The van der Waals surface area contributed by atoms with Gasteiger partial charge in [-0.2, -0.15) is 0 Å². The summed E-state index contributed by atoms with van der Waals surface area (Å²) in [7, 11) is 1.63. The third-order valence-corrected chi connectivity index (χ3v) is 1.95. The van der Waals surface area contributed by atoms with Gasteiger partial charge in [0.15, 0.2) is 0 Å². The highest BCUT2D eigenvalue weighted by atomic mass is 16.5. The van der Waals surface area contributed by atoms with Crippen molar-refractivity contribution in [3.63, 3.8) is 0 Å². The highest BCUT2D eigenvalue weighted by molar-refractivity contribution is 5.86. The summed E-state index contributed by atoms with van der Waals surface area (Å²) >= 11 is 0. The Morgan fingerprint density at radius 3 is 2.93 bits per heavy atom.